The van der Waals surface area contributed by atoms with Crippen LogP contribution in [-0.4, -0.2) is 30.9 Å². The first-order chi connectivity index (χ1) is 10.3. The van der Waals surface area contributed by atoms with E-state index in [1.54, 1.807) is 0 Å². The van der Waals surface area contributed by atoms with Crippen molar-refractivity contribution in [1.29, 1.82) is 0 Å². The lowest BCUT2D eigenvalue weighted by molar-refractivity contribution is 0.433. The van der Waals surface area contributed by atoms with Gasteiger partial charge in [-0.15, -0.1) is 0 Å². The lowest BCUT2D eigenvalue weighted by Gasteiger charge is -2.24. The topological polar surface area (TPSA) is 101 Å². The van der Waals surface area contributed by atoms with Crippen molar-refractivity contribution in [1.82, 2.24) is 9.97 Å². The van der Waals surface area contributed by atoms with E-state index in [1.165, 1.54) is 13.2 Å². The lowest BCUT2D eigenvalue weighted by atomic mass is 10.2. The molecule has 0 fully saturated rings. The predicted octanol–water partition coefficient (Wildman–Crippen LogP) is 2.71. The van der Waals surface area contributed by atoms with Crippen molar-refractivity contribution in [2.24, 2.45) is 0 Å². The second-order valence-electron chi connectivity index (χ2n) is 4.00. The van der Waals surface area contributed by atoms with Gasteiger partial charge >= 0.3 is 0 Å². The van der Waals surface area contributed by atoms with Crippen LogP contribution in [0.2, 0.25) is 5.28 Å². The van der Waals surface area contributed by atoms with Crippen LogP contribution in [0.3, 0.4) is 0 Å². The van der Waals surface area contributed by atoms with Crippen LogP contribution in [0.25, 0.3) is 0 Å². The molecule has 0 saturated heterocycles. The summed E-state index contributed by atoms with van der Waals surface area (Å²) in [4.78, 5) is 7.65. The van der Waals surface area contributed by atoms with Gasteiger partial charge in [0.2, 0.25) is 5.28 Å². The molecule has 0 saturated carbocycles. The molecule has 7 nitrogen and oxygen atoms in total. The molecular weight excluding hydrogens is 403 g/mol. The van der Waals surface area contributed by atoms with E-state index < -0.39 is 22.8 Å². The molecule has 0 amide bonds. The number of rotatable bonds is 4. The number of hydrogen-bond acceptors (Lipinski definition) is 6. The molecule has 1 unspecified atom stereocenters. The average molecular weight is 411 g/mol. The van der Waals surface area contributed by atoms with Gasteiger partial charge in [-0.3, -0.25) is 4.21 Å². The Morgan fingerprint density at radius 1 is 1.55 bits per heavy atom. The van der Waals surface area contributed by atoms with Crippen molar-refractivity contribution in [2.75, 3.05) is 16.7 Å². The molecule has 1 aromatic carbocycles. The largest absolute Gasteiger partial charge is 0.755 e. The molecule has 2 N–H and O–H groups in total. The van der Waals surface area contributed by atoms with E-state index in [4.69, 9.17) is 11.6 Å². The first-order valence-electron chi connectivity index (χ1n) is 5.60. The molecule has 1 aromatic heterocycles. The summed E-state index contributed by atoms with van der Waals surface area (Å²) in [6, 6.07) is 1.92. The fourth-order valence-electron chi connectivity index (χ4n) is 1.55. The number of phenols is 1. The second-order valence-corrected chi connectivity index (χ2v) is 6.17. The summed E-state index contributed by atoms with van der Waals surface area (Å²) in [5, 5.41) is 12.1. The van der Waals surface area contributed by atoms with Crippen LogP contribution in [0.15, 0.2) is 22.8 Å². The third-order valence-corrected chi connectivity index (χ3v) is 4.00. The summed E-state index contributed by atoms with van der Waals surface area (Å²) in [7, 11) is 1.24. The Hall–Kier alpha value is -1.49. The molecule has 0 spiro atoms. The number of benzene rings is 1. The third kappa shape index (κ3) is 3.64. The first-order valence-corrected chi connectivity index (χ1v) is 7.80. The van der Waals surface area contributed by atoms with Crippen LogP contribution in [0, 0.1) is 5.82 Å². The van der Waals surface area contributed by atoms with Gasteiger partial charge in [-0.1, -0.05) is 0 Å². The highest BCUT2D eigenvalue weighted by Crippen LogP contribution is 2.35. The van der Waals surface area contributed by atoms with E-state index in [2.05, 4.69) is 31.2 Å². The van der Waals surface area contributed by atoms with Crippen LogP contribution < -0.4 is 9.62 Å². The van der Waals surface area contributed by atoms with Gasteiger partial charge in [-0.25, -0.2) is 9.37 Å². The lowest BCUT2D eigenvalue weighted by Crippen LogP contribution is -2.20. The molecule has 2 rings (SSSR count). The highest BCUT2D eigenvalue weighted by atomic mass is 79.9. The maximum Gasteiger partial charge on any atom is 0.224 e. The quantitative estimate of drug-likeness (QED) is 0.456. The Balaban J connectivity index is 2.51. The van der Waals surface area contributed by atoms with Gasteiger partial charge in [-0.2, -0.15) is 4.98 Å². The van der Waals surface area contributed by atoms with Crippen molar-refractivity contribution in [2.45, 2.75) is 0 Å². The van der Waals surface area contributed by atoms with Crippen molar-refractivity contribution in [3.63, 3.8) is 0 Å². The number of hydrogen-bond donors (Lipinski definition) is 2. The summed E-state index contributed by atoms with van der Waals surface area (Å²) >= 11 is 6.26. The maximum atomic E-state index is 13.6. The standard InChI is InChI=1S/C11H9BrClFN4O3S/c1-18(22(20)21)8-3-9(19)6(14)2-7(8)16-10-5(12)4-15-11(13)17-10/h2-4,19H,1H3,(H,20,21)(H,15,16,17)/p-1. The van der Waals surface area contributed by atoms with Crippen LogP contribution >= 0.6 is 27.5 Å². The fourth-order valence-corrected chi connectivity index (χ4v) is 2.29. The highest BCUT2D eigenvalue weighted by molar-refractivity contribution is 9.10. The third-order valence-electron chi connectivity index (χ3n) is 2.60. The van der Waals surface area contributed by atoms with Crippen molar-refractivity contribution >= 4 is 56.0 Å². The summed E-state index contributed by atoms with van der Waals surface area (Å²) < 4.78 is 37.0. The zero-order valence-electron chi connectivity index (χ0n) is 10.9. The van der Waals surface area contributed by atoms with Gasteiger partial charge in [0.15, 0.2) is 11.6 Å². The van der Waals surface area contributed by atoms with E-state index >= 15 is 0 Å². The molecule has 118 valence electrons. The van der Waals surface area contributed by atoms with Crippen LogP contribution in [0.1, 0.15) is 0 Å². The average Bonchev–Trinajstić information content (AvgIpc) is 2.45. The summed E-state index contributed by atoms with van der Waals surface area (Å²) in [6.07, 6.45) is 1.38. The second kappa shape index (κ2) is 6.73. The maximum absolute atomic E-state index is 13.6. The van der Waals surface area contributed by atoms with E-state index in [1.807, 2.05) is 0 Å². The molecule has 1 heterocycles. The summed E-state index contributed by atoms with van der Waals surface area (Å²) in [6.45, 7) is 0. The zero-order valence-corrected chi connectivity index (χ0v) is 14.0. The SMILES string of the molecule is CN(c1cc(O)c(F)cc1Nc1nc(Cl)ncc1Br)S(=O)[O-]. The van der Waals surface area contributed by atoms with Crippen LogP contribution in [-0.2, 0) is 11.3 Å². The molecular formula is C11H8BrClFN4O3S-. The van der Waals surface area contributed by atoms with Crippen molar-refractivity contribution < 1.29 is 18.3 Å². The van der Waals surface area contributed by atoms with Crippen LogP contribution in [0.5, 0.6) is 5.75 Å². The van der Waals surface area contributed by atoms with E-state index in [0.717, 1.165) is 16.4 Å². The predicted molar refractivity (Wildman–Crippen MR) is 83.4 cm³/mol. The molecule has 0 aliphatic carbocycles. The number of nitrogens with zero attached hydrogens (tertiary/aromatic N) is 3. The monoisotopic (exact) mass is 409 g/mol. The Bertz CT molecular complexity index is 752. The number of anilines is 3. The van der Waals surface area contributed by atoms with Gasteiger partial charge in [-0.05, 0) is 27.5 Å². The minimum atomic E-state index is -2.61. The Morgan fingerprint density at radius 2 is 2.23 bits per heavy atom. The summed E-state index contributed by atoms with van der Waals surface area (Å²) in [5.41, 5.74) is 0.0892. The number of phenolic OH excluding ortho intramolecular Hbond substituents is 1. The molecule has 1 atom stereocenters. The Labute approximate surface area is 140 Å². The molecule has 11 heteroatoms. The molecule has 0 aliphatic rings. The number of halogens is 3. The van der Waals surface area contributed by atoms with Crippen molar-refractivity contribution in [3.8, 4) is 5.75 Å². The molecule has 0 radical (unpaired) electrons. The minimum absolute atomic E-state index is 0.0221. The number of aromatic nitrogens is 2. The number of nitrogens with one attached hydrogen (secondary N) is 1. The Morgan fingerprint density at radius 3 is 2.86 bits per heavy atom. The highest BCUT2D eigenvalue weighted by Gasteiger charge is 2.15. The smallest absolute Gasteiger partial charge is 0.224 e. The molecule has 22 heavy (non-hydrogen) atoms. The normalized spacial score (nSPS) is 12.0. The van der Waals surface area contributed by atoms with E-state index in [0.29, 0.717) is 4.47 Å². The van der Waals surface area contributed by atoms with Gasteiger partial charge in [0.05, 0.1) is 15.8 Å². The molecule has 0 bridgehead atoms. The molecule has 2 aromatic rings. The Kier molecular flexibility index (Phi) is 5.16. The van der Waals surface area contributed by atoms with Gasteiger partial charge in [0.25, 0.3) is 0 Å². The van der Waals surface area contributed by atoms with Crippen LogP contribution in [0.4, 0.5) is 21.6 Å². The fraction of sp³-hybridized carbons (Fsp3) is 0.0909. The first kappa shape index (κ1) is 16.9. The zero-order chi connectivity index (χ0) is 16.4. The number of aromatic hydroxyl groups is 1. The molecule has 0 aliphatic heterocycles. The summed E-state index contributed by atoms with van der Waals surface area (Å²) in [5.74, 6) is -1.40. The van der Waals surface area contributed by atoms with E-state index in [9.17, 15) is 18.3 Å². The van der Waals surface area contributed by atoms with Gasteiger partial charge in [0.1, 0.15) is 5.82 Å². The van der Waals surface area contributed by atoms with Gasteiger partial charge in [0, 0.05) is 36.6 Å². The minimum Gasteiger partial charge on any atom is -0.755 e. The van der Waals surface area contributed by atoms with E-state index in [-0.39, 0.29) is 22.5 Å². The van der Waals surface area contributed by atoms with Crippen molar-refractivity contribution in [3.05, 3.63) is 33.9 Å². The van der Waals surface area contributed by atoms with Gasteiger partial charge < -0.3 is 19.3 Å².